The van der Waals surface area contributed by atoms with Gasteiger partial charge in [-0.25, -0.2) is 0 Å². The summed E-state index contributed by atoms with van der Waals surface area (Å²) in [4.78, 5) is 12.2. The third kappa shape index (κ3) is 2.75. The van der Waals surface area contributed by atoms with Crippen molar-refractivity contribution in [3.8, 4) is 0 Å². The Morgan fingerprint density at radius 2 is 2.14 bits per heavy atom. The molecule has 0 radical (unpaired) electrons. The Labute approximate surface area is 87.5 Å². The van der Waals surface area contributed by atoms with Crippen molar-refractivity contribution in [1.82, 2.24) is 0 Å². The molecule has 76 valence electrons. The molecule has 0 bridgehead atoms. The summed E-state index contributed by atoms with van der Waals surface area (Å²) in [5.41, 5.74) is 0.742. The number of aliphatic hydroxyl groups is 1. The second kappa shape index (κ2) is 5.02. The molecule has 1 amide bonds. The van der Waals surface area contributed by atoms with Gasteiger partial charge in [-0.1, -0.05) is 12.1 Å². The van der Waals surface area contributed by atoms with E-state index >= 15 is 0 Å². The first-order valence-electron chi connectivity index (χ1n) is 4.27. The molecule has 0 aromatic heterocycles. The average molecular weight is 211 g/mol. The van der Waals surface area contributed by atoms with Crippen LogP contribution in [0, 0.1) is 0 Å². The molecule has 0 fully saturated rings. The molecule has 0 aliphatic rings. The maximum absolute atomic E-state index is 11.2. The largest absolute Gasteiger partial charge is 0.384 e. The SMILES string of the molecule is CSc1ccccc1NC(=O)C(C)O. The lowest BCUT2D eigenvalue weighted by Gasteiger charge is -2.10. The molecule has 1 rings (SSSR count). The van der Waals surface area contributed by atoms with Gasteiger partial charge >= 0.3 is 0 Å². The molecule has 3 nitrogen and oxygen atoms in total. The third-order valence-electron chi connectivity index (χ3n) is 1.74. The van der Waals surface area contributed by atoms with Crippen LogP contribution in [-0.4, -0.2) is 23.4 Å². The Hall–Kier alpha value is -1.00. The first kappa shape index (κ1) is 11.1. The molecule has 0 aliphatic heterocycles. The van der Waals surface area contributed by atoms with Crippen molar-refractivity contribution < 1.29 is 9.90 Å². The number of hydrogen-bond donors (Lipinski definition) is 2. The number of para-hydroxylation sites is 1. The fourth-order valence-electron chi connectivity index (χ4n) is 0.985. The van der Waals surface area contributed by atoms with E-state index in [1.165, 1.54) is 6.92 Å². The van der Waals surface area contributed by atoms with Crippen molar-refractivity contribution in [2.45, 2.75) is 17.9 Å². The predicted molar refractivity (Wildman–Crippen MR) is 58.5 cm³/mol. The second-order valence-electron chi connectivity index (χ2n) is 2.87. The highest BCUT2D eigenvalue weighted by atomic mass is 32.2. The van der Waals surface area contributed by atoms with Crippen LogP contribution in [0.5, 0.6) is 0 Å². The standard InChI is InChI=1S/C10H13NO2S/c1-7(12)10(13)11-8-5-3-4-6-9(8)14-2/h3-7,12H,1-2H3,(H,11,13). The lowest BCUT2D eigenvalue weighted by Crippen LogP contribution is -2.24. The van der Waals surface area contributed by atoms with Crippen LogP contribution in [0.3, 0.4) is 0 Å². The minimum atomic E-state index is -0.982. The maximum atomic E-state index is 11.2. The summed E-state index contributed by atoms with van der Waals surface area (Å²) in [6, 6.07) is 7.48. The molecule has 0 saturated heterocycles. The van der Waals surface area contributed by atoms with Crippen molar-refractivity contribution in [1.29, 1.82) is 0 Å². The molecule has 1 unspecified atom stereocenters. The van der Waals surface area contributed by atoms with Crippen LogP contribution in [-0.2, 0) is 4.79 Å². The molecule has 0 saturated carbocycles. The number of rotatable bonds is 3. The van der Waals surface area contributed by atoms with Crippen molar-refractivity contribution in [2.75, 3.05) is 11.6 Å². The molecular formula is C10H13NO2S. The molecule has 0 aliphatic carbocycles. The van der Waals surface area contributed by atoms with Crippen LogP contribution < -0.4 is 5.32 Å². The summed E-state index contributed by atoms with van der Waals surface area (Å²) in [5.74, 6) is -0.383. The van der Waals surface area contributed by atoms with Crippen LogP contribution in [0.15, 0.2) is 29.2 Å². The Morgan fingerprint density at radius 3 is 2.71 bits per heavy atom. The van der Waals surface area contributed by atoms with E-state index < -0.39 is 6.10 Å². The van der Waals surface area contributed by atoms with Crippen LogP contribution in [0.2, 0.25) is 0 Å². The minimum Gasteiger partial charge on any atom is -0.384 e. The van der Waals surface area contributed by atoms with E-state index in [4.69, 9.17) is 5.11 Å². The summed E-state index contributed by atoms with van der Waals surface area (Å²) < 4.78 is 0. The zero-order chi connectivity index (χ0) is 10.6. The van der Waals surface area contributed by atoms with Gasteiger partial charge in [0.05, 0.1) is 5.69 Å². The summed E-state index contributed by atoms with van der Waals surface area (Å²) in [6.07, 6.45) is 0.956. The molecule has 0 spiro atoms. The van der Waals surface area contributed by atoms with E-state index in [2.05, 4.69) is 5.32 Å². The molecule has 1 aromatic carbocycles. The van der Waals surface area contributed by atoms with Gasteiger partial charge in [0.1, 0.15) is 6.10 Å². The first-order chi connectivity index (χ1) is 6.65. The number of amides is 1. The fraction of sp³-hybridized carbons (Fsp3) is 0.300. The Balaban J connectivity index is 2.80. The Bertz CT molecular complexity index is 326. The average Bonchev–Trinajstić information content (AvgIpc) is 2.18. The van der Waals surface area contributed by atoms with Crippen LogP contribution in [0.4, 0.5) is 5.69 Å². The lowest BCUT2D eigenvalue weighted by molar-refractivity contribution is -0.123. The van der Waals surface area contributed by atoms with E-state index in [0.717, 1.165) is 10.6 Å². The molecule has 4 heteroatoms. The Kier molecular flexibility index (Phi) is 3.98. The maximum Gasteiger partial charge on any atom is 0.252 e. The number of nitrogens with one attached hydrogen (secondary N) is 1. The molecule has 14 heavy (non-hydrogen) atoms. The Morgan fingerprint density at radius 1 is 1.50 bits per heavy atom. The van der Waals surface area contributed by atoms with Crippen molar-refractivity contribution in [3.63, 3.8) is 0 Å². The summed E-state index contributed by atoms with van der Waals surface area (Å²) in [5, 5.41) is 11.7. The molecular weight excluding hydrogens is 198 g/mol. The number of benzene rings is 1. The topological polar surface area (TPSA) is 49.3 Å². The van der Waals surface area contributed by atoms with Gasteiger partial charge in [0.15, 0.2) is 0 Å². The molecule has 2 N–H and O–H groups in total. The highest BCUT2D eigenvalue weighted by Gasteiger charge is 2.10. The van der Waals surface area contributed by atoms with Crippen molar-refractivity contribution in [2.24, 2.45) is 0 Å². The van der Waals surface area contributed by atoms with E-state index in [1.54, 1.807) is 11.8 Å². The highest BCUT2D eigenvalue weighted by Crippen LogP contribution is 2.24. The normalized spacial score (nSPS) is 12.2. The van der Waals surface area contributed by atoms with Gasteiger partial charge in [-0.15, -0.1) is 11.8 Å². The molecule has 1 aromatic rings. The highest BCUT2D eigenvalue weighted by molar-refractivity contribution is 7.98. The zero-order valence-electron chi connectivity index (χ0n) is 8.15. The number of carbonyl (C=O) groups is 1. The fourth-order valence-corrected chi connectivity index (χ4v) is 1.54. The predicted octanol–water partition coefficient (Wildman–Crippen LogP) is 1.73. The van der Waals surface area contributed by atoms with Crippen molar-refractivity contribution >= 4 is 23.4 Å². The number of thioether (sulfide) groups is 1. The third-order valence-corrected chi connectivity index (χ3v) is 2.54. The van der Waals surface area contributed by atoms with Gasteiger partial charge in [0.2, 0.25) is 0 Å². The van der Waals surface area contributed by atoms with Crippen LogP contribution in [0.1, 0.15) is 6.92 Å². The van der Waals surface area contributed by atoms with Gasteiger partial charge in [-0.2, -0.15) is 0 Å². The number of hydrogen-bond acceptors (Lipinski definition) is 3. The van der Waals surface area contributed by atoms with E-state index in [1.807, 2.05) is 30.5 Å². The van der Waals surface area contributed by atoms with Gasteiger partial charge < -0.3 is 10.4 Å². The number of anilines is 1. The van der Waals surface area contributed by atoms with Crippen molar-refractivity contribution in [3.05, 3.63) is 24.3 Å². The minimum absolute atomic E-state index is 0.383. The number of aliphatic hydroxyl groups excluding tert-OH is 1. The van der Waals surface area contributed by atoms with E-state index in [9.17, 15) is 4.79 Å². The van der Waals surface area contributed by atoms with Gasteiger partial charge in [-0.3, -0.25) is 4.79 Å². The van der Waals surface area contributed by atoms with Gasteiger partial charge in [0, 0.05) is 4.90 Å². The van der Waals surface area contributed by atoms with E-state index in [-0.39, 0.29) is 5.91 Å². The van der Waals surface area contributed by atoms with Gasteiger partial charge in [0.25, 0.3) is 5.91 Å². The van der Waals surface area contributed by atoms with Gasteiger partial charge in [-0.05, 0) is 25.3 Å². The number of carbonyl (C=O) groups excluding carboxylic acids is 1. The smallest absolute Gasteiger partial charge is 0.252 e. The second-order valence-corrected chi connectivity index (χ2v) is 3.71. The first-order valence-corrected chi connectivity index (χ1v) is 5.49. The zero-order valence-corrected chi connectivity index (χ0v) is 8.97. The van der Waals surface area contributed by atoms with E-state index in [0.29, 0.717) is 0 Å². The summed E-state index contributed by atoms with van der Waals surface area (Å²) in [6.45, 7) is 1.44. The molecule has 0 heterocycles. The monoisotopic (exact) mass is 211 g/mol. The quantitative estimate of drug-likeness (QED) is 0.748. The van der Waals surface area contributed by atoms with Crippen LogP contribution in [0.25, 0.3) is 0 Å². The summed E-state index contributed by atoms with van der Waals surface area (Å²) in [7, 11) is 0. The molecule has 1 atom stereocenters. The van der Waals surface area contributed by atoms with Crippen LogP contribution >= 0.6 is 11.8 Å². The summed E-state index contributed by atoms with van der Waals surface area (Å²) >= 11 is 1.55. The lowest BCUT2D eigenvalue weighted by atomic mass is 10.3.